The fourth-order valence-electron chi connectivity index (χ4n) is 5.58. The number of halogens is 3. The number of carbonyl (C=O) groups is 3. The molecule has 240 valence electrons. The molecule has 46 heavy (non-hydrogen) atoms. The molecule has 0 bridgehead atoms. The number of likely N-dealkylation sites (tertiary alicyclic amines) is 1. The minimum atomic E-state index is -0.951. The molecule has 2 aromatic heterocycles. The van der Waals surface area contributed by atoms with Crippen molar-refractivity contribution in [2.75, 3.05) is 20.2 Å². The van der Waals surface area contributed by atoms with E-state index in [-0.39, 0.29) is 54.4 Å². The van der Waals surface area contributed by atoms with Crippen LogP contribution in [0.4, 0.5) is 13.2 Å². The van der Waals surface area contributed by atoms with E-state index in [1.54, 1.807) is 30.2 Å². The monoisotopic (exact) mass is 633 g/mol. The van der Waals surface area contributed by atoms with Crippen LogP contribution in [0.2, 0.25) is 0 Å². The highest BCUT2D eigenvalue weighted by Gasteiger charge is 2.34. The maximum Gasteiger partial charge on any atom is 0.272 e. The normalized spacial score (nSPS) is 13.9. The molecule has 5 rings (SSSR count). The second-order valence-corrected chi connectivity index (χ2v) is 11.8. The van der Waals surface area contributed by atoms with Crippen LogP contribution in [0.5, 0.6) is 0 Å². The molecule has 2 aromatic carbocycles. The molecule has 0 aliphatic carbocycles. The van der Waals surface area contributed by atoms with Crippen molar-refractivity contribution in [3.63, 3.8) is 0 Å². The van der Waals surface area contributed by atoms with Crippen LogP contribution in [-0.2, 0) is 22.5 Å². The quantitative estimate of drug-likeness (QED) is 0.233. The summed E-state index contributed by atoms with van der Waals surface area (Å²) in [5.41, 5.74) is 7.59. The van der Waals surface area contributed by atoms with Gasteiger partial charge >= 0.3 is 0 Å². The standard InChI is InChI=1S/C34H34F3N5O4/c1-19(2)30-15-31(34(45)41-17-26(18-41)46-3)42(40-30)16-25(43)12-22(9-20-10-23(35)14-24(36)11-20)32-27(5-4-8-39-32)21-6-7-29(37)28(13-21)33(38)44/h4-8,10-11,13-15,19,22,26H,9,12,16-18H2,1-3H3,(H2,38,44)/t22-/m1/s1. The maximum atomic E-state index is 14.3. The second-order valence-electron chi connectivity index (χ2n) is 11.8. The molecule has 0 unspecified atom stereocenters. The Labute approximate surface area is 264 Å². The minimum absolute atomic E-state index is 0.00119. The molecule has 9 nitrogen and oxygen atoms in total. The zero-order valence-electron chi connectivity index (χ0n) is 25.7. The summed E-state index contributed by atoms with van der Waals surface area (Å²) in [6, 6.07) is 12.0. The lowest BCUT2D eigenvalue weighted by molar-refractivity contribution is -0.120. The average molecular weight is 634 g/mol. The number of pyridine rings is 1. The van der Waals surface area contributed by atoms with Crippen molar-refractivity contribution in [1.82, 2.24) is 19.7 Å². The number of ether oxygens (including phenoxy) is 1. The van der Waals surface area contributed by atoms with E-state index in [2.05, 4.69) is 10.1 Å². The van der Waals surface area contributed by atoms with Crippen molar-refractivity contribution in [2.24, 2.45) is 5.73 Å². The summed E-state index contributed by atoms with van der Waals surface area (Å²) in [5, 5.41) is 4.56. The highest BCUT2D eigenvalue weighted by atomic mass is 19.1. The van der Waals surface area contributed by atoms with Crippen LogP contribution in [0, 0.1) is 17.5 Å². The van der Waals surface area contributed by atoms with E-state index in [0.717, 1.165) is 12.1 Å². The Kier molecular flexibility index (Phi) is 9.66. The van der Waals surface area contributed by atoms with E-state index in [1.807, 2.05) is 13.8 Å². The first-order valence-corrected chi connectivity index (χ1v) is 14.8. The van der Waals surface area contributed by atoms with Gasteiger partial charge in [-0.25, -0.2) is 13.2 Å². The lowest BCUT2D eigenvalue weighted by Gasteiger charge is -2.38. The van der Waals surface area contributed by atoms with E-state index in [4.69, 9.17) is 10.5 Å². The highest BCUT2D eigenvalue weighted by molar-refractivity contribution is 5.95. The Bertz CT molecular complexity index is 1760. The summed E-state index contributed by atoms with van der Waals surface area (Å²) in [5.74, 6) is -4.55. The van der Waals surface area contributed by atoms with Crippen LogP contribution in [-0.4, -0.2) is 63.6 Å². The molecule has 2 N–H and O–H groups in total. The molecule has 3 heterocycles. The van der Waals surface area contributed by atoms with E-state index in [9.17, 15) is 27.6 Å². The smallest absolute Gasteiger partial charge is 0.272 e. The lowest BCUT2D eigenvalue weighted by atomic mass is 9.86. The number of rotatable bonds is 12. The molecule has 1 aliphatic rings. The Hall–Kier alpha value is -4.84. The SMILES string of the molecule is COC1CN(C(=O)c2cc(C(C)C)nn2CC(=O)C[C@@H](Cc2cc(F)cc(F)c2)c2ncccc2-c2ccc(F)c(C(N)=O)c2)C1. The predicted octanol–water partition coefficient (Wildman–Crippen LogP) is 5.04. The number of benzene rings is 2. The van der Waals surface area contributed by atoms with Gasteiger partial charge in [-0.2, -0.15) is 5.10 Å². The van der Waals surface area contributed by atoms with E-state index in [1.165, 1.54) is 35.1 Å². The van der Waals surface area contributed by atoms with Crippen molar-refractivity contribution >= 4 is 17.6 Å². The summed E-state index contributed by atoms with van der Waals surface area (Å²) in [6.07, 6.45) is 1.36. The lowest BCUT2D eigenvalue weighted by Crippen LogP contribution is -2.54. The van der Waals surface area contributed by atoms with E-state index < -0.39 is 29.3 Å². The van der Waals surface area contributed by atoms with Crippen LogP contribution < -0.4 is 5.73 Å². The summed E-state index contributed by atoms with van der Waals surface area (Å²) in [7, 11) is 1.58. The van der Waals surface area contributed by atoms with Gasteiger partial charge in [0.15, 0.2) is 5.78 Å². The van der Waals surface area contributed by atoms with Crippen molar-refractivity contribution in [1.29, 1.82) is 0 Å². The van der Waals surface area contributed by atoms with Gasteiger partial charge in [0.1, 0.15) is 29.7 Å². The van der Waals surface area contributed by atoms with Gasteiger partial charge in [-0.1, -0.05) is 26.0 Å². The molecule has 1 saturated heterocycles. The van der Waals surface area contributed by atoms with Gasteiger partial charge in [-0.15, -0.1) is 0 Å². The van der Waals surface area contributed by atoms with Gasteiger partial charge in [0.05, 0.1) is 23.1 Å². The molecule has 0 radical (unpaired) electrons. The Balaban J connectivity index is 1.49. The first-order chi connectivity index (χ1) is 21.9. The number of amides is 2. The second kappa shape index (κ2) is 13.7. The first kappa shape index (κ1) is 32.6. The number of nitrogens with two attached hydrogens (primary N) is 1. The first-order valence-electron chi connectivity index (χ1n) is 14.8. The number of hydrogen-bond donors (Lipinski definition) is 1. The van der Waals surface area contributed by atoms with Crippen molar-refractivity contribution in [3.05, 3.63) is 106 Å². The number of methoxy groups -OCH3 is 1. The molecule has 2 amide bonds. The van der Waals surface area contributed by atoms with Crippen molar-refractivity contribution in [2.45, 2.75) is 51.2 Å². The van der Waals surface area contributed by atoms with E-state index in [0.29, 0.717) is 41.2 Å². The van der Waals surface area contributed by atoms with Crippen molar-refractivity contribution in [3.8, 4) is 11.1 Å². The Morgan fingerprint density at radius 3 is 2.39 bits per heavy atom. The maximum absolute atomic E-state index is 14.3. The Morgan fingerprint density at radius 2 is 1.74 bits per heavy atom. The minimum Gasteiger partial charge on any atom is -0.378 e. The number of carbonyl (C=O) groups excluding carboxylic acids is 3. The zero-order valence-corrected chi connectivity index (χ0v) is 25.7. The molecule has 0 spiro atoms. The van der Waals surface area contributed by atoms with Crippen molar-refractivity contribution < 1.29 is 32.3 Å². The number of primary amides is 1. The van der Waals surface area contributed by atoms with Gasteiger partial charge in [-0.05, 0) is 59.9 Å². The summed E-state index contributed by atoms with van der Waals surface area (Å²) in [6.45, 7) is 4.50. The number of aromatic nitrogens is 3. The largest absolute Gasteiger partial charge is 0.378 e. The number of nitrogens with zero attached hydrogens (tertiary/aromatic N) is 4. The third kappa shape index (κ3) is 7.17. The summed E-state index contributed by atoms with van der Waals surface area (Å²) < 4.78 is 49.4. The average Bonchev–Trinajstić information content (AvgIpc) is 3.40. The molecule has 12 heteroatoms. The molecule has 4 aromatic rings. The number of hydrogen-bond acceptors (Lipinski definition) is 6. The molecule has 1 atom stereocenters. The topological polar surface area (TPSA) is 120 Å². The number of Topliss-reactive ketones (excluding diaryl/α,β-unsaturated/α-hetero) is 1. The third-order valence-electron chi connectivity index (χ3n) is 8.05. The van der Waals surface area contributed by atoms with Gasteiger partial charge < -0.3 is 15.4 Å². The van der Waals surface area contributed by atoms with Crippen LogP contribution in [0.3, 0.4) is 0 Å². The number of ketones is 1. The fourth-order valence-corrected chi connectivity index (χ4v) is 5.58. The molecular weight excluding hydrogens is 599 g/mol. The van der Waals surface area contributed by atoms with Gasteiger partial charge in [0, 0.05) is 50.4 Å². The van der Waals surface area contributed by atoms with Gasteiger partial charge in [0.25, 0.3) is 11.8 Å². The van der Waals surface area contributed by atoms with Crippen LogP contribution in [0.15, 0.2) is 60.8 Å². The molecular formula is C34H34F3N5O4. The summed E-state index contributed by atoms with van der Waals surface area (Å²) in [4.78, 5) is 45.1. The van der Waals surface area contributed by atoms with Gasteiger partial charge in [0.2, 0.25) is 0 Å². The Morgan fingerprint density at radius 1 is 1.02 bits per heavy atom. The zero-order chi connectivity index (χ0) is 33.1. The third-order valence-corrected chi connectivity index (χ3v) is 8.05. The molecule has 0 saturated carbocycles. The fraction of sp³-hybridized carbons (Fsp3) is 0.324. The van der Waals surface area contributed by atoms with Crippen LogP contribution in [0.1, 0.15) is 69.9 Å². The van der Waals surface area contributed by atoms with E-state index >= 15 is 0 Å². The molecule has 1 fully saturated rings. The van der Waals surface area contributed by atoms with Crippen LogP contribution >= 0.6 is 0 Å². The summed E-state index contributed by atoms with van der Waals surface area (Å²) >= 11 is 0. The van der Waals surface area contributed by atoms with Gasteiger partial charge in [-0.3, -0.25) is 24.0 Å². The highest BCUT2D eigenvalue weighted by Crippen LogP contribution is 2.34. The molecule has 1 aliphatic heterocycles. The van der Waals surface area contributed by atoms with Crippen LogP contribution in [0.25, 0.3) is 11.1 Å². The predicted molar refractivity (Wildman–Crippen MR) is 164 cm³/mol.